The molecule has 0 fully saturated rings. The molecule has 3 aromatic heterocycles. The van der Waals surface area contributed by atoms with Gasteiger partial charge in [0.25, 0.3) is 0 Å². The minimum Gasteiger partial charge on any atom is -0.388 e. The molecule has 8 heteroatoms. The van der Waals surface area contributed by atoms with Gasteiger partial charge in [0.1, 0.15) is 5.82 Å². The smallest absolute Gasteiger partial charge is 0.330 e. The number of hydrogen-bond acceptors (Lipinski definition) is 5. The predicted octanol–water partition coefficient (Wildman–Crippen LogP) is 5.29. The first-order valence-corrected chi connectivity index (χ1v) is 14.4. The number of imidazole rings is 2. The molecule has 0 saturated carbocycles. The molecule has 0 spiro atoms. The summed E-state index contributed by atoms with van der Waals surface area (Å²) in [7, 11) is 3.74. The molecule has 2 aromatic carbocycles. The molecule has 1 aliphatic rings. The number of anilines is 1. The van der Waals surface area contributed by atoms with E-state index in [4.69, 9.17) is 9.97 Å². The van der Waals surface area contributed by atoms with Crippen LogP contribution >= 0.6 is 0 Å². The minimum absolute atomic E-state index is 0.0144. The number of pyridine rings is 1. The Bertz CT molecular complexity index is 1750. The van der Waals surface area contributed by atoms with E-state index < -0.39 is 0 Å². The fraction of sp³-hybridized carbons (Fsp3) is 0.364. The highest BCUT2D eigenvalue weighted by atomic mass is 16.1. The van der Waals surface area contributed by atoms with Crippen molar-refractivity contribution in [1.82, 2.24) is 28.6 Å². The summed E-state index contributed by atoms with van der Waals surface area (Å²) in [5, 5.41) is 3.33. The van der Waals surface area contributed by atoms with Gasteiger partial charge in [0.2, 0.25) is 0 Å². The topological polar surface area (TPSA) is 72.9 Å². The van der Waals surface area contributed by atoms with Crippen LogP contribution in [0.15, 0.2) is 71.7 Å². The molecule has 212 valence electrons. The third-order valence-electron chi connectivity index (χ3n) is 7.90. The van der Waals surface area contributed by atoms with Gasteiger partial charge in [-0.1, -0.05) is 57.2 Å². The van der Waals surface area contributed by atoms with E-state index in [1.165, 1.54) is 16.8 Å². The summed E-state index contributed by atoms with van der Waals surface area (Å²) in [6, 6.07) is 21.2. The number of nitrogens with one attached hydrogen (secondary N) is 1. The Labute approximate surface area is 241 Å². The van der Waals surface area contributed by atoms with Crippen LogP contribution in [-0.2, 0) is 39.6 Å². The lowest BCUT2D eigenvalue weighted by Gasteiger charge is -2.29. The Morgan fingerprint density at radius 2 is 1.78 bits per heavy atom. The standard InChI is InChI=1S/C33H39N7O/c1-33(2,3)22-40-29-14-13-28(36-31(29)37(5)32(40)41)26-18-24(11-12-27(26)34-4)20-38-15-16-39-25(19-35-30(39)21-38)17-23-9-7-6-8-10-23/h6-14,18-19,34H,15-17,20-22H2,1-5H3. The average molecular weight is 550 g/mol. The zero-order chi connectivity index (χ0) is 28.7. The van der Waals surface area contributed by atoms with Crippen LogP contribution in [0.25, 0.3) is 22.4 Å². The molecule has 0 unspecified atom stereocenters. The van der Waals surface area contributed by atoms with Crippen LogP contribution in [0.5, 0.6) is 0 Å². The number of aryl methyl sites for hydroxylation is 1. The molecule has 5 aromatic rings. The van der Waals surface area contributed by atoms with E-state index >= 15 is 0 Å². The molecular formula is C33H39N7O. The van der Waals surface area contributed by atoms with Crippen molar-refractivity contribution < 1.29 is 0 Å². The van der Waals surface area contributed by atoms with E-state index in [1.807, 2.05) is 37.0 Å². The van der Waals surface area contributed by atoms with E-state index in [9.17, 15) is 4.79 Å². The third-order valence-corrected chi connectivity index (χ3v) is 7.90. The van der Waals surface area contributed by atoms with Crippen molar-refractivity contribution >= 4 is 16.9 Å². The molecule has 1 N–H and O–H groups in total. The second kappa shape index (κ2) is 10.7. The van der Waals surface area contributed by atoms with Crippen LogP contribution in [0.2, 0.25) is 0 Å². The summed E-state index contributed by atoms with van der Waals surface area (Å²) in [6.07, 6.45) is 2.95. The van der Waals surface area contributed by atoms with Gasteiger partial charge in [-0.25, -0.2) is 14.8 Å². The summed E-state index contributed by atoms with van der Waals surface area (Å²) < 4.78 is 5.89. The number of aromatic nitrogens is 5. The first kappa shape index (κ1) is 27.0. The van der Waals surface area contributed by atoms with Crippen LogP contribution in [0.3, 0.4) is 0 Å². The second-order valence-electron chi connectivity index (χ2n) is 12.3. The van der Waals surface area contributed by atoms with Gasteiger partial charge >= 0.3 is 5.69 Å². The molecule has 0 saturated heterocycles. The summed E-state index contributed by atoms with van der Waals surface area (Å²) in [5.41, 5.74) is 8.25. The van der Waals surface area contributed by atoms with Crippen molar-refractivity contribution in [2.24, 2.45) is 12.5 Å². The molecule has 0 bridgehead atoms. The van der Waals surface area contributed by atoms with Crippen molar-refractivity contribution in [3.8, 4) is 11.3 Å². The summed E-state index contributed by atoms with van der Waals surface area (Å²) >= 11 is 0. The Balaban J connectivity index is 1.25. The van der Waals surface area contributed by atoms with Gasteiger partial charge < -0.3 is 9.88 Å². The Hall–Kier alpha value is -4.17. The Kier molecular flexibility index (Phi) is 7.03. The van der Waals surface area contributed by atoms with Crippen molar-refractivity contribution in [3.63, 3.8) is 0 Å². The Morgan fingerprint density at radius 1 is 0.976 bits per heavy atom. The van der Waals surface area contributed by atoms with Crippen molar-refractivity contribution in [3.05, 3.63) is 100.0 Å². The van der Waals surface area contributed by atoms with Crippen molar-refractivity contribution in [2.45, 2.75) is 53.4 Å². The highest BCUT2D eigenvalue weighted by Crippen LogP contribution is 2.30. The van der Waals surface area contributed by atoms with Crippen LogP contribution < -0.4 is 11.0 Å². The summed E-state index contributed by atoms with van der Waals surface area (Å²) in [5.74, 6) is 1.13. The normalized spacial score (nSPS) is 14.0. The second-order valence-corrected chi connectivity index (χ2v) is 12.3. The maximum atomic E-state index is 13.1. The number of nitrogens with zero attached hydrogens (tertiary/aromatic N) is 6. The Morgan fingerprint density at radius 3 is 2.54 bits per heavy atom. The van der Waals surface area contributed by atoms with Crippen molar-refractivity contribution in [2.75, 3.05) is 18.9 Å². The fourth-order valence-electron chi connectivity index (χ4n) is 5.88. The maximum Gasteiger partial charge on any atom is 0.330 e. The highest BCUT2D eigenvalue weighted by molar-refractivity contribution is 5.81. The molecule has 6 rings (SSSR count). The lowest BCUT2D eigenvalue weighted by Crippen LogP contribution is -2.34. The van der Waals surface area contributed by atoms with Gasteiger partial charge in [0.15, 0.2) is 5.65 Å². The molecule has 41 heavy (non-hydrogen) atoms. The zero-order valence-corrected chi connectivity index (χ0v) is 24.7. The largest absolute Gasteiger partial charge is 0.388 e. The monoisotopic (exact) mass is 549 g/mol. The fourth-order valence-corrected chi connectivity index (χ4v) is 5.88. The first-order chi connectivity index (χ1) is 19.7. The van der Waals surface area contributed by atoms with Crippen LogP contribution in [0.1, 0.15) is 43.4 Å². The van der Waals surface area contributed by atoms with Gasteiger partial charge in [-0.05, 0) is 40.8 Å². The van der Waals surface area contributed by atoms with Gasteiger partial charge in [-0.3, -0.25) is 14.0 Å². The molecule has 8 nitrogen and oxygen atoms in total. The SMILES string of the molecule is CNc1ccc(CN2CCn3c(Cc4ccccc4)cnc3C2)cc1-c1ccc2c(n1)n(C)c(=O)n2CC(C)(C)C. The van der Waals surface area contributed by atoms with Gasteiger partial charge in [0.05, 0.1) is 17.8 Å². The van der Waals surface area contributed by atoms with Crippen molar-refractivity contribution in [1.29, 1.82) is 0 Å². The predicted molar refractivity (Wildman–Crippen MR) is 165 cm³/mol. The summed E-state index contributed by atoms with van der Waals surface area (Å²) in [6.45, 7) is 10.6. The molecule has 0 radical (unpaired) electrons. The third kappa shape index (κ3) is 5.44. The first-order valence-electron chi connectivity index (χ1n) is 14.4. The van der Waals surface area contributed by atoms with Gasteiger partial charge in [-0.15, -0.1) is 0 Å². The molecule has 0 atom stereocenters. The van der Waals surface area contributed by atoms with Crippen LogP contribution in [0.4, 0.5) is 5.69 Å². The van der Waals surface area contributed by atoms with Crippen LogP contribution in [0, 0.1) is 5.41 Å². The highest BCUT2D eigenvalue weighted by Gasteiger charge is 2.22. The number of rotatable bonds is 7. The maximum absolute atomic E-state index is 13.1. The summed E-state index contributed by atoms with van der Waals surface area (Å²) in [4.78, 5) is 25.3. The van der Waals surface area contributed by atoms with Gasteiger partial charge in [0, 0.05) is 69.8 Å². The van der Waals surface area contributed by atoms with E-state index in [-0.39, 0.29) is 11.1 Å². The quantitative estimate of drug-likeness (QED) is 0.299. The molecule has 1 aliphatic heterocycles. The number of hydrogen-bond donors (Lipinski definition) is 1. The average Bonchev–Trinajstić information content (AvgIpc) is 3.46. The van der Waals surface area contributed by atoms with E-state index in [0.29, 0.717) is 12.2 Å². The van der Waals surface area contributed by atoms with Crippen LogP contribution in [-0.4, -0.2) is 42.2 Å². The number of benzene rings is 2. The molecular weight excluding hydrogens is 510 g/mol. The lowest BCUT2D eigenvalue weighted by atomic mass is 9.97. The molecule has 0 amide bonds. The zero-order valence-electron chi connectivity index (χ0n) is 24.7. The van der Waals surface area contributed by atoms with E-state index in [1.54, 1.807) is 4.57 Å². The lowest BCUT2D eigenvalue weighted by molar-refractivity contribution is 0.207. The number of fused-ring (bicyclic) bond motifs is 2. The van der Waals surface area contributed by atoms with Gasteiger partial charge in [-0.2, -0.15) is 0 Å². The molecule has 4 heterocycles. The molecule has 0 aliphatic carbocycles. The van der Waals surface area contributed by atoms with E-state index in [2.05, 4.69) is 84.1 Å². The van der Waals surface area contributed by atoms with E-state index in [0.717, 1.165) is 60.9 Å². The minimum atomic E-state index is -0.0300.